The van der Waals surface area contributed by atoms with E-state index in [4.69, 9.17) is 4.98 Å². The summed E-state index contributed by atoms with van der Waals surface area (Å²) in [5.41, 5.74) is 5.07. The molecule has 0 aliphatic carbocycles. The van der Waals surface area contributed by atoms with Crippen molar-refractivity contribution in [2.75, 3.05) is 0 Å². The van der Waals surface area contributed by atoms with Crippen molar-refractivity contribution in [2.45, 2.75) is 91.6 Å². The van der Waals surface area contributed by atoms with Crippen LogP contribution in [0.1, 0.15) is 108 Å². The third-order valence-electron chi connectivity index (χ3n) is 5.42. The van der Waals surface area contributed by atoms with Gasteiger partial charge in [-0.25, -0.2) is 4.39 Å². The summed E-state index contributed by atoms with van der Waals surface area (Å²) in [5, 5.41) is 21.3. The van der Waals surface area contributed by atoms with Crippen LogP contribution in [0.15, 0.2) is 18.2 Å². The summed E-state index contributed by atoms with van der Waals surface area (Å²) in [6, 6.07) is 4.13. The molecule has 4 heteroatoms. The van der Waals surface area contributed by atoms with E-state index in [1.165, 1.54) is 12.5 Å². The lowest BCUT2D eigenvalue weighted by molar-refractivity contribution is 0.197. The molecule has 1 atom stereocenters. The average molecular weight is 402 g/mol. The zero-order valence-electron chi connectivity index (χ0n) is 18.7. The van der Waals surface area contributed by atoms with E-state index in [0.717, 1.165) is 59.8 Å². The van der Waals surface area contributed by atoms with Crippen LogP contribution in [-0.2, 0) is 6.42 Å². The van der Waals surface area contributed by atoms with Crippen molar-refractivity contribution in [3.8, 4) is 16.9 Å². The Hall–Kier alpha value is -1.94. The Balaban J connectivity index is 2.84. The van der Waals surface area contributed by atoms with Crippen molar-refractivity contribution in [1.29, 1.82) is 0 Å². The lowest BCUT2D eigenvalue weighted by Crippen LogP contribution is -2.14. The number of halogens is 1. The fourth-order valence-corrected chi connectivity index (χ4v) is 4.02. The van der Waals surface area contributed by atoms with E-state index in [1.807, 2.05) is 0 Å². The van der Waals surface area contributed by atoms with Crippen molar-refractivity contribution in [3.63, 3.8) is 0 Å². The van der Waals surface area contributed by atoms with Crippen LogP contribution < -0.4 is 0 Å². The van der Waals surface area contributed by atoms with Gasteiger partial charge in [0.05, 0.1) is 6.10 Å². The Kier molecular flexibility index (Phi) is 8.21. The number of benzene rings is 1. The molecule has 0 saturated heterocycles. The van der Waals surface area contributed by atoms with Gasteiger partial charge in [0.25, 0.3) is 0 Å². The van der Waals surface area contributed by atoms with Crippen molar-refractivity contribution in [1.82, 2.24) is 4.98 Å². The molecule has 29 heavy (non-hydrogen) atoms. The lowest BCUT2D eigenvalue weighted by Gasteiger charge is -2.26. The van der Waals surface area contributed by atoms with Crippen LogP contribution in [0, 0.1) is 5.82 Å². The molecule has 0 spiro atoms. The number of unbranched alkanes of at least 4 members (excludes halogenated alkanes) is 3. The summed E-state index contributed by atoms with van der Waals surface area (Å²) in [6.07, 6.45) is 4.56. The number of aliphatic hydroxyl groups excluding tert-OH is 1. The third-order valence-corrected chi connectivity index (χ3v) is 5.42. The molecule has 0 saturated carbocycles. The summed E-state index contributed by atoms with van der Waals surface area (Å²) in [7, 11) is 0. The molecule has 0 aliphatic rings. The molecule has 160 valence electrons. The molecule has 2 aromatic rings. The third kappa shape index (κ3) is 5.36. The SMILES string of the molecule is CCCCCCc1c(C(C)C)nc(C(C)C)c(C(C)O)c1-c1ccc(F)cc1O. The maximum Gasteiger partial charge on any atom is 0.126 e. The second kappa shape index (κ2) is 10.2. The highest BCUT2D eigenvalue weighted by Crippen LogP contribution is 2.43. The molecule has 1 aromatic carbocycles. The molecule has 1 unspecified atom stereocenters. The fraction of sp³-hybridized carbons (Fsp3) is 0.560. The number of aromatic nitrogens is 1. The van der Waals surface area contributed by atoms with Gasteiger partial charge in [-0.2, -0.15) is 0 Å². The van der Waals surface area contributed by atoms with Gasteiger partial charge in [0, 0.05) is 28.6 Å². The number of phenols is 1. The van der Waals surface area contributed by atoms with Crippen LogP contribution in [-0.4, -0.2) is 15.2 Å². The van der Waals surface area contributed by atoms with Gasteiger partial charge in [0.2, 0.25) is 0 Å². The predicted octanol–water partition coefficient (Wildman–Crippen LogP) is 7.02. The predicted molar refractivity (Wildman–Crippen MR) is 118 cm³/mol. The molecule has 1 heterocycles. The highest BCUT2D eigenvalue weighted by molar-refractivity contribution is 5.78. The van der Waals surface area contributed by atoms with Gasteiger partial charge in [0.1, 0.15) is 11.6 Å². The van der Waals surface area contributed by atoms with E-state index < -0.39 is 11.9 Å². The molecule has 3 nitrogen and oxygen atoms in total. The quantitative estimate of drug-likeness (QED) is 0.444. The highest BCUT2D eigenvalue weighted by atomic mass is 19.1. The number of pyridine rings is 1. The van der Waals surface area contributed by atoms with E-state index in [9.17, 15) is 14.6 Å². The average Bonchev–Trinajstić information content (AvgIpc) is 2.64. The minimum absolute atomic E-state index is 0.0997. The first-order valence-electron chi connectivity index (χ1n) is 10.9. The Bertz CT molecular complexity index is 828. The first-order chi connectivity index (χ1) is 13.7. The van der Waals surface area contributed by atoms with Crippen molar-refractivity contribution in [3.05, 3.63) is 46.5 Å². The van der Waals surface area contributed by atoms with Crippen molar-refractivity contribution in [2.24, 2.45) is 0 Å². The molecule has 2 N–H and O–H groups in total. The number of hydrogen-bond donors (Lipinski definition) is 2. The first-order valence-corrected chi connectivity index (χ1v) is 10.9. The Morgan fingerprint density at radius 1 is 0.966 bits per heavy atom. The molecule has 0 amide bonds. The largest absolute Gasteiger partial charge is 0.507 e. The van der Waals surface area contributed by atoms with Crippen LogP contribution >= 0.6 is 0 Å². The molecular weight excluding hydrogens is 365 g/mol. The van der Waals surface area contributed by atoms with Gasteiger partial charge < -0.3 is 10.2 Å². The molecule has 0 bridgehead atoms. The zero-order chi connectivity index (χ0) is 21.7. The van der Waals surface area contributed by atoms with E-state index in [0.29, 0.717) is 5.56 Å². The number of aliphatic hydroxyl groups is 1. The first kappa shape index (κ1) is 23.3. The van der Waals surface area contributed by atoms with E-state index in [2.05, 4.69) is 34.6 Å². The van der Waals surface area contributed by atoms with Gasteiger partial charge in [-0.3, -0.25) is 4.98 Å². The molecule has 2 rings (SSSR count). The zero-order valence-corrected chi connectivity index (χ0v) is 18.7. The fourth-order valence-electron chi connectivity index (χ4n) is 4.02. The van der Waals surface area contributed by atoms with Crippen LogP contribution in [0.2, 0.25) is 0 Å². The van der Waals surface area contributed by atoms with Gasteiger partial charge in [-0.1, -0.05) is 53.9 Å². The van der Waals surface area contributed by atoms with E-state index >= 15 is 0 Å². The lowest BCUT2D eigenvalue weighted by atomic mass is 9.83. The minimum atomic E-state index is -0.741. The van der Waals surface area contributed by atoms with Gasteiger partial charge in [-0.05, 0) is 54.9 Å². The van der Waals surface area contributed by atoms with Crippen LogP contribution in [0.4, 0.5) is 4.39 Å². The normalized spacial score (nSPS) is 12.8. The van der Waals surface area contributed by atoms with Crippen molar-refractivity contribution < 1.29 is 14.6 Å². The number of rotatable bonds is 9. The Labute approximate surface area is 175 Å². The monoisotopic (exact) mass is 401 g/mol. The van der Waals surface area contributed by atoms with Crippen LogP contribution in [0.5, 0.6) is 5.75 Å². The summed E-state index contributed by atoms with van der Waals surface area (Å²) in [6.45, 7) is 12.3. The maximum absolute atomic E-state index is 13.7. The number of hydrogen-bond acceptors (Lipinski definition) is 3. The van der Waals surface area contributed by atoms with Crippen molar-refractivity contribution >= 4 is 0 Å². The van der Waals surface area contributed by atoms with Crippen LogP contribution in [0.3, 0.4) is 0 Å². The standard InChI is InChI=1S/C25H36FNO2/c1-7-8-9-10-11-20-23(19-13-12-18(26)14-21(19)29)22(17(6)28)25(16(4)5)27-24(20)15(2)3/h12-17,28-29H,7-11H2,1-6H3. The summed E-state index contributed by atoms with van der Waals surface area (Å²) >= 11 is 0. The molecule has 0 aliphatic heterocycles. The molecule has 0 radical (unpaired) electrons. The number of nitrogens with zero attached hydrogens (tertiary/aromatic N) is 1. The number of aromatic hydroxyl groups is 1. The minimum Gasteiger partial charge on any atom is -0.507 e. The number of phenolic OH excluding ortho intramolecular Hbond substituents is 1. The summed E-state index contributed by atoms with van der Waals surface area (Å²) < 4.78 is 13.7. The smallest absolute Gasteiger partial charge is 0.126 e. The van der Waals surface area contributed by atoms with Gasteiger partial charge >= 0.3 is 0 Å². The summed E-state index contributed by atoms with van der Waals surface area (Å²) in [4.78, 5) is 5.01. The second-order valence-corrected chi connectivity index (χ2v) is 8.61. The van der Waals surface area contributed by atoms with Gasteiger partial charge in [-0.15, -0.1) is 0 Å². The van der Waals surface area contributed by atoms with Gasteiger partial charge in [0.15, 0.2) is 0 Å². The molecule has 1 aromatic heterocycles. The molecular formula is C25H36FNO2. The maximum atomic E-state index is 13.7. The Morgan fingerprint density at radius 3 is 2.14 bits per heavy atom. The van der Waals surface area contributed by atoms with E-state index in [-0.39, 0.29) is 17.6 Å². The second-order valence-electron chi connectivity index (χ2n) is 8.61. The highest BCUT2D eigenvalue weighted by Gasteiger charge is 2.27. The van der Waals surface area contributed by atoms with Crippen LogP contribution in [0.25, 0.3) is 11.1 Å². The van der Waals surface area contributed by atoms with E-state index in [1.54, 1.807) is 13.0 Å². The summed E-state index contributed by atoms with van der Waals surface area (Å²) in [5.74, 6) is -0.250. The Morgan fingerprint density at radius 2 is 1.62 bits per heavy atom. The molecule has 0 fully saturated rings. The topological polar surface area (TPSA) is 53.4 Å².